The average Bonchev–Trinajstić information content (AvgIpc) is 3.06. The van der Waals surface area contributed by atoms with Crippen molar-refractivity contribution in [3.8, 4) is 0 Å². The van der Waals surface area contributed by atoms with Crippen molar-refractivity contribution < 1.29 is 9.84 Å². The molecule has 228 valence electrons. The van der Waals surface area contributed by atoms with Crippen molar-refractivity contribution >= 4 is 65.7 Å². The van der Waals surface area contributed by atoms with Crippen LogP contribution in [0.3, 0.4) is 0 Å². The van der Waals surface area contributed by atoms with Gasteiger partial charge in [0.15, 0.2) is 5.79 Å². The second kappa shape index (κ2) is 13.4. The SMILES string of the molecule is C[C@H]1SCc2cccc3c(cccc23)CCCCOC(C)(O)c2cc(cc3ccccc23)CSSc2ccc3cccc1c3c2. The molecule has 45 heavy (non-hydrogen) atoms. The van der Waals surface area contributed by atoms with Crippen molar-refractivity contribution in [3.05, 3.63) is 137 Å². The Hall–Kier alpha value is -2.93. The lowest BCUT2D eigenvalue weighted by Crippen LogP contribution is -2.26. The van der Waals surface area contributed by atoms with Crippen LogP contribution >= 0.6 is 33.3 Å². The maximum Gasteiger partial charge on any atom is 0.189 e. The molecule has 0 radical (unpaired) electrons. The maximum absolute atomic E-state index is 11.6. The molecular formula is C40H38O2S3. The molecule has 1 aliphatic rings. The highest BCUT2D eigenvalue weighted by molar-refractivity contribution is 8.76. The summed E-state index contributed by atoms with van der Waals surface area (Å²) in [6, 6.07) is 39.8. The molecule has 8 bridgehead atoms. The second-order valence-electron chi connectivity index (χ2n) is 12.1. The van der Waals surface area contributed by atoms with Crippen molar-refractivity contribution in [2.45, 2.75) is 60.5 Å². The topological polar surface area (TPSA) is 29.5 Å². The first-order valence-corrected chi connectivity index (χ1v) is 19.1. The molecule has 0 aromatic heterocycles. The Bertz CT molecular complexity index is 1980. The van der Waals surface area contributed by atoms with Gasteiger partial charge in [-0.05, 0) is 106 Å². The third-order valence-corrected chi connectivity index (χ3v) is 12.5. The Morgan fingerprint density at radius 1 is 0.711 bits per heavy atom. The van der Waals surface area contributed by atoms with E-state index in [-0.39, 0.29) is 0 Å². The van der Waals surface area contributed by atoms with Crippen molar-refractivity contribution in [1.29, 1.82) is 0 Å². The van der Waals surface area contributed by atoms with Gasteiger partial charge in [0.25, 0.3) is 0 Å². The van der Waals surface area contributed by atoms with Gasteiger partial charge in [0.1, 0.15) is 0 Å². The van der Waals surface area contributed by atoms with E-state index < -0.39 is 5.79 Å². The summed E-state index contributed by atoms with van der Waals surface area (Å²) in [5.74, 6) is 0.424. The van der Waals surface area contributed by atoms with Gasteiger partial charge >= 0.3 is 0 Å². The van der Waals surface area contributed by atoms with E-state index >= 15 is 0 Å². The van der Waals surface area contributed by atoms with Gasteiger partial charge in [-0.2, -0.15) is 0 Å². The molecule has 6 aromatic rings. The van der Waals surface area contributed by atoms with Crippen LogP contribution in [0.1, 0.15) is 59.8 Å². The summed E-state index contributed by atoms with van der Waals surface area (Å²) < 4.78 is 6.23. The van der Waals surface area contributed by atoms with Gasteiger partial charge < -0.3 is 9.84 Å². The van der Waals surface area contributed by atoms with Crippen LogP contribution in [-0.2, 0) is 28.5 Å². The summed E-state index contributed by atoms with van der Waals surface area (Å²) in [7, 11) is 3.66. The zero-order valence-corrected chi connectivity index (χ0v) is 28.2. The monoisotopic (exact) mass is 646 g/mol. The van der Waals surface area contributed by atoms with E-state index in [0.29, 0.717) is 11.9 Å². The number of benzene rings is 6. The Kier molecular flexibility index (Phi) is 9.17. The van der Waals surface area contributed by atoms with Gasteiger partial charge in [-0.15, -0.1) is 11.8 Å². The summed E-state index contributed by atoms with van der Waals surface area (Å²) in [5.41, 5.74) is 6.19. The fourth-order valence-corrected chi connectivity index (χ4v) is 9.70. The molecule has 1 unspecified atom stereocenters. The first kappa shape index (κ1) is 30.7. The molecule has 0 spiro atoms. The summed E-state index contributed by atoms with van der Waals surface area (Å²) in [5, 5.41) is 19.5. The minimum atomic E-state index is -1.37. The van der Waals surface area contributed by atoms with Crippen LogP contribution in [0.15, 0.2) is 114 Å². The first-order chi connectivity index (χ1) is 22.0. The number of thioether (sulfide) groups is 1. The summed E-state index contributed by atoms with van der Waals surface area (Å²) in [6.07, 6.45) is 2.87. The number of ether oxygens (including phenoxy) is 1. The fraction of sp³-hybridized carbons (Fsp3) is 0.250. The summed E-state index contributed by atoms with van der Waals surface area (Å²) in [6.45, 7) is 4.64. The molecule has 0 aliphatic carbocycles. The minimum Gasteiger partial charge on any atom is -0.362 e. The predicted molar refractivity (Wildman–Crippen MR) is 197 cm³/mol. The van der Waals surface area contributed by atoms with Crippen LogP contribution < -0.4 is 0 Å². The first-order valence-electron chi connectivity index (χ1n) is 15.8. The number of aliphatic hydroxyl groups is 1. The Morgan fingerprint density at radius 3 is 2.36 bits per heavy atom. The van der Waals surface area contributed by atoms with E-state index in [4.69, 9.17) is 4.74 Å². The Balaban J connectivity index is 1.25. The van der Waals surface area contributed by atoms with Gasteiger partial charge in [-0.25, -0.2) is 0 Å². The molecule has 2 nitrogen and oxygen atoms in total. The molecule has 6 aromatic carbocycles. The van der Waals surface area contributed by atoms with E-state index in [0.717, 1.165) is 47.1 Å². The van der Waals surface area contributed by atoms with Crippen molar-refractivity contribution in [2.24, 2.45) is 0 Å². The third kappa shape index (κ3) is 6.65. The van der Waals surface area contributed by atoms with E-state index in [2.05, 4.69) is 110 Å². The van der Waals surface area contributed by atoms with Crippen LogP contribution in [0.4, 0.5) is 0 Å². The zero-order valence-electron chi connectivity index (χ0n) is 25.8. The molecule has 0 saturated heterocycles. The van der Waals surface area contributed by atoms with Crippen LogP contribution in [0.5, 0.6) is 0 Å². The van der Waals surface area contributed by atoms with Crippen LogP contribution in [0.2, 0.25) is 0 Å². The molecule has 0 fully saturated rings. The van der Waals surface area contributed by atoms with Crippen molar-refractivity contribution in [3.63, 3.8) is 0 Å². The Labute approximate surface area is 278 Å². The van der Waals surface area contributed by atoms with Gasteiger partial charge in [-0.3, -0.25) is 0 Å². The minimum absolute atomic E-state index is 0.366. The lowest BCUT2D eigenvalue weighted by atomic mass is 9.96. The second-order valence-corrected chi connectivity index (χ2v) is 15.8. The maximum atomic E-state index is 11.6. The van der Waals surface area contributed by atoms with E-state index in [1.807, 2.05) is 39.4 Å². The van der Waals surface area contributed by atoms with E-state index in [1.165, 1.54) is 48.7 Å². The average molecular weight is 647 g/mol. The highest BCUT2D eigenvalue weighted by Crippen LogP contribution is 2.41. The fourth-order valence-electron chi connectivity index (χ4n) is 6.54. The van der Waals surface area contributed by atoms with E-state index in [9.17, 15) is 5.11 Å². The molecule has 1 heterocycles. The lowest BCUT2D eigenvalue weighted by molar-refractivity contribution is -0.198. The predicted octanol–water partition coefficient (Wildman–Crippen LogP) is 11.6. The van der Waals surface area contributed by atoms with Gasteiger partial charge in [0, 0.05) is 27.2 Å². The number of rotatable bonds is 0. The normalized spacial score (nSPS) is 20.2. The van der Waals surface area contributed by atoms with Crippen molar-refractivity contribution in [2.75, 3.05) is 6.61 Å². The molecule has 5 heteroatoms. The number of fused-ring (bicyclic) bond motifs is 5. The molecule has 1 N–H and O–H groups in total. The smallest absolute Gasteiger partial charge is 0.189 e. The van der Waals surface area contributed by atoms with E-state index in [1.54, 1.807) is 6.92 Å². The van der Waals surface area contributed by atoms with Crippen molar-refractivity contribution in [1.82, 2.24) is 0 Å². The molecular weight excluding hydrogens is 609 g/mol. The molecule has 1 aliphatic heterocycles. The largest absolute Gasteiger partial charge is 0.362 e. The molecule has 0 amide bonds. The highest BCUT2D eigenvalue weighted by atomic mass is 33.1. The number of aryl methyl sites for hydroxylation is 1. The standard InChI is InChI=1S/C40H38O2S3/c1-27-34-16-7-13-30-19-20-33(24-38(30)34)45-44-25-28-22-31-11-3-4-15-37(31)39(23-28)40(2,41)42-21-6-5-10-29-12-8-18-36-32(26-43-27)14-9-17-35(29)36/h3-4,7-9,11-20,22-24,27,41H,5-6,10,21,25-26H2,1-2H3/t27-,40?/m1/s1. The molecule has 7 rings (SSSR count). The molecule has 2 atom stereocenters. The van der Waals surface area contributed by atoms with Crippen LogP contribution in [0.25, 0.3) is 32.3 Å². The lowest BCUT2D eigenvalue weighted by Gasteiger charge is -2.26. The highest BCUT2D eigenvalue weighted by Gasteiger charge is 2.27. The van der Waals surface area contributed by atoms with Gasteiger partial charge in [-0.1, -0.05) is 113 Å². The summed E-state index contributed by atoms with van der Waals surface area (Å²) in [4.78, 5) is 1.26. The number of hydrogen-bond donors (Lipinski definition) is 1. The zero-order chi connectivity index (χ0) is 30.8. The van der Waals surface area contributed by atoms with Gasteiger partial charge in [0.2, 0.25) is 0 Å². The van der Waals surface area contributed by atoms with Crippen LogP contribution in [-0.4, -0.2) is 11.7 Å². The number of hydrogen-bond acceptors (Lipinski definition) is 5. The quantitative estimate of drug-likeness (QED) is 0.166. The Morgan fingerprint density at radius 2 is 1.47 bits per heavy atom. The summed E-state index contributed by atoms with van der Waals surface area (Å²) >= 11 is 2.02. The van der Waals surface area contributed by atoms with Gasteiger partial charge in [0.05, 0.1) is 6.61 Å². The third-order valence-electron chi connectivity index (χ3n) is 8.94. The van der Waals surface area contributed by atoms with Crippen LogP contribution in [0, 0.1) is 0 Å². The molecule has 0 saturated carbocycles.